The van der Waals surface area contributed by atoms with Crippen molar-refractivity contribution >= 4 is 40.9 Å². The maximum absolute atomic E-state index is 12.0. The van der Waals surface area contributed by atoms with Gasteiger partial charge >= 0.3 is 0 Å². The molecule has 0 heterocycles. The highest BCUT2D eigenvalue weighted by Gasteiger charge is 2.07. The second-order valence-corrected chi connectivity index (χ2v) is 6.88. The first-order valence-electron chi connectivity index (χ1n) is 7.59. The summed E-state index contributed by atoms with van der Waals surface area (Å²) in [6.07, 6.45) is 0. The van der Waals surface area contributed by atoms with Gasteiger partial charge in [0, 0.05) is 27.9 Å². The number of hydrogen-bond donors (Lipinski definition) is 1. The lowest BCUT2D eigenvalue weighted by molar-refractivity contribution is -0.118. The number of nitrogens with one attached hydrogen (secondary N) is 1. The van der Waals surface area contributed by atoms with Gasteiger partial charge in [0.1, 0.15) is 5.75 Å². The van der Waals surface area contributed by atoms with Crippen LogP contribution in [0.25, 0.3) is 0 Å². The van der Waals surface area contributed by atoms with Crippen molar-refractivity contribution < 1.29 is 9.53 Å². The van der Waals surface area contributed by atoms with Crippen LogP contribution in [0.15, 0.2) is 42.5 Å². The Kier molecular flexibility index (Phi) is 7.76. The van der Waals surface area contributed by atoms with Gasteiger partial charge in [-0.25, -0.2) is 0 Å². The average molecular weight is 384 g/mol. The van der Waals surface area contributed by atoms with Gasteiger partial charge in [-0.1, -0.05) is 47.5 Å². The summed E-state index contributed by atoms with van der Waals surface area (Å²) in [7, 11) is 0. The monoisotopic (exact) mass is 383 g/mol. The van der Waals surface area contributed by atoms with Crippen molar-refractivity contribution in [2.24, 2.45) is 0 Å². The van der Waals surface area contributed by atoms with Crippen LogP contribution in [0, 0.1) is 0 Å². The third kappa shape index (κ3) is 5.93. The van der Waals surface area contributed by atoms with Gasteiger partial charge in [-0.15, -0.1) is 11.8 Å². The molecule has 0 spiro atoms. The van der Waals surface area contributed by atoms with E-state index in [1.807, 2.05) is 37.3 Å². The Hall–Kier alpha value is -1.36. The van der Waals surface area contributed by atoms with Crippen molar-refractivity contribution in [1.82, 2.24) is 5.32 Å². The van der Waals surface area contributed by atoms with E-state index in [1.54, 1.807) is 12.1 Å². The normalized spacial score (nSPS) is 10.5. The molecule has 0 aliphatic heterocycles. The van der Waals surface area contributed by atoms with Crippen LogP contribution in [0.5, 0.6) is 5.75 Å². The first-order chi connectivity index (χ1) is 11.6. The van der Waals surface area contributed by atoms with Crippen LogP contribution in [0.4, 0.5) is 0 Å². The minimum atomic E-state index is -0.0172. The number of para-hydroxylation sites is 1. The fourth-order valence-corrected chi connectivity index (χ4v) is 3.50. The molecule has 2 aromatic carbocycles. The molecule has 0 radical (unpaired) electrons. The zero-order valence-corrected chi connectivity index (χ0v) is 15.7. The van der Waals surface area contributed by atoms with Gasteiger partial charge in [0.15, 0.2) is 0 Å². The van der Waals surface area contributed by atoms with Crippen molar-refractivity contribution in [2.45, 2.75) is 19.2 Å². The van der Waals surface area contributed by atoms with Crippen LogP contribution >= 0.6 is 35.0 Å². The quantitative estimate of drug-likeness (QED) is 0.701. The Balaban J connectivity index is 1.77. The average Bonchev–Trinajstić information content (AvgIpc) is 2.56. The van der Waals surface area contributed by atoms with Gasteiger partial charge in [-0.05, 0) is 30.7 Å². The predicted molar refractivity (Wildman–Crippen MR) is 102 cm³/mol. The van der Waals surface area contributed by atoms with E-state index in [0.717, 1.165) is 16.9 Å². The summed E-state index contributed by atoms with van der Waals surface area (Å²) in [4.78, 5) is 12.0. The lowest BCUT2D eigenvalue weighted by Crippen LogP contribution is -2.24. The Morgan fingerprint density at radius 1 is 1.17 bits per heavy atom. The van der Waals surface area contributed by atoms with E-state index in [9.17, 15) is 4.79 Å². The summed E-state index contributed by atoms with van der Waals surface area (Å²) in [5, 5.41) is 4.15. The molecule has 24 heavy (non-hydrogen) atoms. The fourth-order valence-electron chi connectivity index (χ4n) is 2.08. The van der Waals surface area contributed by atoms with Crippen molar-refractivity contribution in [3.8, 4) is 5.75 Å². The first-order valence-corrected chi connectivity index (χ1v) is 9.50. The predicted octanol–water partition coefficient (Wildman–Crippen LogP) is 4.94. The number of benzene rings is 2. The minimum absolute atomic E-state index is 0.0172. The molecule has 3 nitrogen and oxygen atoms in total. The summed E-state index contributed by atoms with van der Waals surface area (Å²) >= 11 is 13.5. The third-order valence-electron chi connectivity index (χ3n) is 3.25. The number of carbonyl (C=O) groups is 1. The summed E-state index contributed by atoms with van der Waals surface area (Å²) in [5.74, 6) is 1.83. The van der Waals surface area contributed by atoms with E-state index in [0.29, 0.717) is 34.7 Å². The van der Waals surface area contributed by atoms with Crippen LogP contribution in [-0.2, 0) is 17.1 Å². The van der Waals surface area contributed by atoms with Crippen molar-refractivity contribution in [1.29, 1.82) is 0 Å². The number of thioether (sulfide) groups is 1. The smallest absolute Gasteiger partial charge is 0.230 e. The second-order valence-electron chi connectivity index (χ2n) is 5.05. The largest absolute Gasteiger partial charge is 0.494 e. The molecule has 0 bridgehead atoms. The molecular weight excluding hydrogens is 365 g/mol. The van der Waals surface area contributed by atoms with Gasteiger partial charge in [-0.3, -0.25) is 4.79 Å². The summed E-state index contributed by atoms with van der Waals surface area (Å²) < 4.78 is 5.55. The van der Waals surface area contributed by atoms with E-state index in [4.69, 9.17) is 27.9 Å². The lowest BCUT2D eigenvalue weighted by Gasteiger charge is -2.11. The molecule has 0 unspecified atom stereocenters. The first kappa shape index (κ1) is 19.0. The molecule has 0 saturated carbocycles. The highest BCUT2D eigenvalue weighted by Crippen LogP contribution is 2.24. The number of carbonyl (C=O) groups excluding carboxylic acids is 1. The van der Waals surface area contributed by atoms with Gasteiger partial charge in [0.05, 0.1) is 12.4 Å². The number of amides is 1. The number of rotatable bonds is 8. The molecule has 1 amide bonds. The minimum Gasteiger partial charge on any atom is -0.494 e. The van der Waals surface area contributed by atoms with E-state index < -0.39 is 0 Å². The van der Waals surface area contributed by atoms with E-state index in [-0.39, 0.29) is 5.91 Å². The Labute approximate surface area is 156 Å². The van der Waals surface area contributed by atoms with Crippen LogP contribution in [-0.4, -0.2) is 18.3 Å². The van der Waals surface area contributed by atoms with Crippen LogP contribution in [0.2, 0.25) is 10.0 Å². The fraction of sp³-hybridized carbons (Fsp3) is 0.278. The maximum atomic E-state index is 12.0. The van der Waals surface area contributed by atoms with Gasteiger partial charge in [0.2, 0.25) is 5.91 Å². The molecule has 0 fully saturated rings. The standard InChI is InChI=1S/C18H19Cl2NO2S/c1-2-23-17-6-4-3-5-13(17)10-21-18(22)12-24-11-14-7-8-15(19)9-16(14)20/h3-9H,2,10-12H2,1H3,(H,21,22). The molecule has 1 N–H and O–H groups in total. The number of hydrogen-bond acceptors (Lipinski definition) is 3. The Bertz CT molecular complexity index is 694. The molecule has 0 aliphatic rings. The SMILES string of the molecule is CCOc1ccccc1CNC(=O)CSCc1ccc(Cl)cc1Cl. The highest BCUT2D eigenvalue weighted by atomic mass is 35.5. The molecular formula is C18H19Cl2NO2S. The highest BCUT2D eigenvalue weighted by molar-refractivity contribution is 7.99. The maximum Gasteiger partial charge on any atom is 0.230 e. The second kappa shape index (κ2) is 9.82. The summed E-state index contributed by atoms with van der Waals surface area (Å²) in [5.41, 5.74) is 1.94. The Morgan fingerprint density at radius 2 is 1.96 bits per heavy atom. The number of halogens is 2. The summed E-state index contributed by atoms with van der Waals surface area (Å²) in [6, 6.07) is 13.1. The van der Waals surface area contributed by atoms with Crippen LogP contribution < -0.4 is 10.1 Å². The lowest BCUT2D eigenvalue weighted by atomic mass is 10.2. The van der Waals surface area contributed by atoms with E-state index in [1.165, 1.54) is 11.8 Å². The molecule has 0 saturated heterocycles. The molecule has 0 aliphatic carbocycles. The van der Waals surface area contributed by atoms with Crippen LogP contribution in [0.1, 0.15) is 18.1 Å². The zero-order chi connectivity index (χ0) is 17.4. The Morgan fingerprint density at radius 3 is 2.71 bits per heavy atom. The molecule has 2 rings (SSSR count). The molecule has 0 aromatic heterocycles. The van der Waals surface area contributed by atoms with Crippen molar-refractivity contribution in [2.75, 3.05) is 12.4 Å². The van der Waals surface area contributed by atoms with Crippen LogP contribution in [0.3, 0.4) is 0 Å². The summed E-state index contributed by atoms with van der Waals surface area (Å²) in [6.45, 7) is 2.99. The molecule has 6 heteroatoms. The van der Waals surface area contributed by atoms with Crippen molar-refractivity contribution in [3.63, 3.8) is 0 Å². The number of ether oxygens (including phenoxy) is 1. The zero-order valence-electron chi connectivity index (χ0n) is 13.4. The molecule has 2 aromatic rings. The molecule has 128 valence electrons. The topological polar surface area (TPSA) is 38.3 Å². The van der Waals surface area contributed by atoms with Gasteiger partial charge < -0.3 is 10.1 Å². The van der Waals surface area contributed by atoms with Gasteiger partial charge in [0.25, 0.3) is 0 Å². The molecule has 0 atom stereocenters. The van der Waals surface area contributed by atoms with E-state index in [2.05, 4.69) is 5.32 Å². The van der Waals surface area contributed by atoms with Gasteiger partial charge in [-0.2, -0.15) is 0 Å². The van der Waals surface area contributed by atoms with E-state index >= 15 is 0 Å². The van der Waals surface area contributed by atoms with Crippen molar-refractivity contribution in [3.05, 3.63) is 63.6 Å². The third-order valence-corrected chi connectivity index (χ3v) is 4.82.